The standard InChI is InChI=1S/C21H40O2/c1-3-5-6-7-8-9-10-11-12-13-14-15-16-17-18-19-21(22)23-20-4-2/h11-12H,3-10,13-20H2,1-2H3/b12-11+. The van der Waals surface area contributed by atoms with Gasteiger partial charge in [-0.2, -0.15) is 0 Å². The number of carbonyl (C=O) groups excluding carboxylic acids is 1. The van der Waals surface area contributed by atoms with Crippen molar-refractivity contribution in [2.24, 2.45) is 0 Å². The number of rotatable bonds is 17. The van der Waals surface area contributed by atoms with Crippen molar-refractivity contribution in [3.05, 3.63) is 12.2 Å². The van der Waals surface area contributed by atoms with Gasteiger partial charge in [0.05, 0.1) is 6.61 Å². The van der Waals surface area contributed by atoms with Crippen LogP contribution in [0.3, 0.4) is 0 Å². The van der Waals surface area contributed by atoms with Crippen molar-refractivity contribution < 1.29 is 9.53 Å². The van der Waals surface area contributed by atoms with E-state index in [0.717, 1.165) is 19.3 Å². The van der Waals surface area contributed by atoms with Gasteiger partial charge in [-0.05, 0) is 38.5 Å². The molecule has 0 saturated carbocycles. The Labute approximate surface area is 145 Å². The minimum Gasteiger partial charge on any atom is -0.466 e. The van der Waals surface area contributed by atoms with Crippen LogP contribution in [0.4, 0.5) is 0 Å². The van der Waals surface area contributed by atoms with Crippen LogP contribution in [0.2, 0.25) is 0 Å². The Bertz CT molecular complexity index is 271. The third kappa shape index (κ3) is 19.2. The molecule has 0 rings (SSSR count). The number of ether oxygens (including phenoxy) is 1. The van der Waals surface area contributed by atoms with Gasteiger partial charge >= 0.3 is 5.97 Å². The van der Waals surface area contributed by atoms with E-state index in [9.17, 15) is 4.79 Å². The molecule has 0 unspecified atom stereocenters. The highest BCUT2D eigenvalue weighted by molar-refractivity contribution is 5.69. The summed E-state index contributed by atoms with van der Waals surface area (Å²) in [6, 6.07) is 0. The summed E-state index contributed by atoms with van der Waals surface area (Å²) < 4.78 is 5.06. The van der Waals surface area contributed by atoms with Crippen LogP contribution in [0.1, 0.15) is 110 Å². The molecule has 0 heterocycles. The van der Waals surface area contributed by atoms with Gasteiger partial charge < -0.3 is 4.74 Å². The quantitative estimate of drug-likeness (QED) is 0.164. The maximum absolute atomic E-state index is 11.3. The van der Waals surface area contributed by atoms with E-state index in [4.69, 9.17) is 4.74 Å². The first-order valence-electron chi connectivity index (χ1n) is 10.1. The molecular formula is C21H40O2. The van der Waals surface area contributed by atoms with Crippen LogP contribution >= 0.6 is 0 Å². The topological polar surface area (TPSA) is 26.3 Å². The summed E-state index contributed by atoms with van der Waals surface area (Å²) in [7, 11) is 0. The van der Waals surface area contributed by atoms with Gasteiger partial charge in [-0.3, -0.25) is 4.79 Å². The van der Waals surface area contributed by atoms with Crippen LogP contribution in [0.25, 0.3) is 0 Å². The van der Waals surface area contributed by atoms with Gasteiger partial charge in [0.1, 0.15) is 0 Å². The number of unbranched alkanes of at least 4 members (excludes halogenated alkanes) is 11. The zero-order valence-corrected chi connectivity index (χ0v) is 15.8. The van der Waals surface area contributed by atoms with Crippen LogP contribution in [0.5, 0.6) is 0 Å². The van der Waals surface area contributed by atoms with E-state index < -0.39 is 0 Å². The maximum atomic E-state index is 11.3. The molecule has 0 aromatic rings. The van der Waals surface area contributed by atoms with Gasteiger partial charge in [0, 0.05) is 6.42 Å². The molecule has 0 aromatic carbocycles. The molecule has 0 radical (unpaired) electrons. The van der Waals surface area contributed by atoms with Gasteiger partial charge in [-0.25, -0.2) is 0 Å². The third-order valence-electron chi connectivity index (χ3n) is 4.11. The first-order valence-corrected chi connectivity index (χ1v) is 10.1. The van der Waals surface area contributed by atoms with Crippen LogP contribution in [0, 0.1) is 0 Å². The first kappa shape index (κ1) is 22.2. The molecule has 0 spiro atoms. The summed E-state index contributed by atoms with van der Waals surface area (Å²) in [5, 5.41) is 0. The molecule has 0 aliphatic heterocycles. The van der Waals surface area contributed by atoms with Crippen LogP contribution in [-0.4, -0.2) is 12.6 Å². The summed E-state index contributed by atoms with van der Waals surface area (Å²) in [6.07, 6.45) is 23.0. The minimum absolute atomic E-state index is 0.0236. The second-order valence-electron chi connectivity index (χ2n) is 6.55. The zero-order chi connectivity index (χ0) is 17.0. The average molecular weight is 325 g/mol. The Kier molecular flexibility index (Phi) is 18.6. The molecule has 2 heteroatoms. The number of carbonyl (C=O) groups is 1. The van der Waals surface area contributed by atoms with Gasteiger partial charge in [0.25, 0.3) is 0 Å². The fraction of sp³-hybridized carbons (Fsp3) is 0.857. The van der Waals surface area contributed by atoms with E-state index in [-0.39, 0.29) is 5.97 Å². The Morgan fingerprint density at radius 3 is 1.78 bits per heavy atom. The highest BCUT2D eigenvalue weighted by Crippen LogP contribution is 2.10. The summed E-state index contributed by atoms with van der Waals surface area (Å²) in [5.74, 6) is -0.0236. The molecule has 0 N–H and O–H groups in total. The monoisotopic (exact) mass is 324 g/mol. The third-order valence-corrected chi connectivity index (χ3v) is 4.11. The predicted octanol–water partition coefficient (Wildman–Crippen LogP) is 6.98. The van der Waals surface area contributed by atoms with Gasteiger partial charge in [-0.15, -0.1) is 0 Å². The molecule has 0 aromatic heterocycles. The molecule has 0 fully saturated rings. The van der Waals surface area contributed by atoms with Crippen molar-refractivity contribution in [1.82, 2.24) is 0 Å². The average Bonchev–Trinajstić information content (AvgIpc) is 2.56. The smallest absolute Gasteiger partial charge is 0.305 e. The highest BCUT2D eigenvalue weighted by atomic mass is 16.5. The predicted molar refractivity (Wildman–Crippen MR) is 101 cm³/mol. The van der Waals surface area contributed by atoms with Crippen LogP contribution in [0.15, 0.2) is 12.2 Å². The van der Waals surface area contributed by atoms with Crippen LogP contribution in [-0.2, 0) is 9.53 Å². The summed E-state index contributed by atoms with van der Waals surface area (Å²) in [4.78, 5) is 11.3. The lowest BCUT2D eigenvalue weighted by Gasteiger charge is -2.03. The fourth-order valence-corrected chi connectivity index (χ4v) is 2.63. The Balaban J connectivity index is 3.14. The number of hydrogen-bond acceptors (Lipinski definition) is 2. The second kappa shape index (κ2) is 19.3. The molecule has 0 saturated heterocycles. The van der Waals surface area contributed by atoms with Crippen molar-refractivity contribution in [1.29, 1.82) is 0 Å². The largest absolute Gasteiger partial charge is 0.466 e. The SMILES string of the molecule is CCCCCCCC/C=C/CCCCCCCC(=O)OCCC. The van der Waals surface area contributed by atoms with E-state index in [1.165, 1.54) is 70.6 Å². The normalized spacial score (nSPS) is 11.2. The van der Waals surface area contributed by atoms with Crippen molar-refractivity contribution in [3.8, 4) is 0 Å². The minimum atomic E-state index is -0.0236. The molecule has 2 nitrogen and oxygen atoms in total. The lowest BCUT2D eigenvalue weighted by atomic mass is 10.1. The zero-order valence-electron chi connectivity index (χ0n) is 15.8. The number of esters is 1. The molecule has 0 aliphatic rings. The molecule has 0 bridgehead atoms. The Morgan fingerprint density at radius 1 is 0.696 bits per heavy atom. The van der Waals surface area contributed by atoms with E-state index in [2.05, 4.69) is 19.1 Å². The second-order valence-corrected chi connectivity index (χ2v) is 6.55. The van der Waals surface area contributed by atoms with E-state index in [1.807, 2.05) is 6.92 Å². The molecule has 0 aliphatic carbocycles. The van der Waals surface area contributed by atoms with Crippen molar-refractivity contribution >= 4 is 5.97 Å². The molecular weight excluding hydrogens is 284 g/mol. The molecule has 23 heavy (non-hydrogen) atoms. The first-order chi connectivity index (χ1) is 11.3. The molecule has 0 atom stereocenters. The van der Waals surface area contributed by atoms with Gasteiger partial charge in [-0.1, -0.05) is 77.4 Å². The highest BCUT2D eigenvalue weighted by Gasteiger charge is 2.01. The summed E-state index contributed by atoms with van der Waals surface area (Å²) in [5.41, 5.74) is 0. The Morgan fingerprint density at radius 2 is 1.22 bits per heavy atom. The lowest BCUT2D eigenvalue weighted by molar-refractivity contribution is -0.143. The summed E-state index contributed by atoms with van der Waals surface area (Å²) in [6.45, 7) is 4.86. The Hall–Kier alpha value is -0.790. The lowest BCUT2D eigenvalue weighted by Crippen LogP contribution is -2.04. The number of hydrogen-bond donors (Lipinski definition) is 0. The van der Waals surface area contributed by atoms with E-state index in [1.54, 1.807) is 0 Å². The van der Waals surface area contributed by atoms with Crippen molar-refractivity contribution in [3.63, 3.8) is 0 Å². The van der Waals surface area contributed by atoms with Gasteiger partial charge in [0.15, 0.2) is 0 Å². The molecule has 0 amide bonds. The number of allylic oxidation sites excluding steroid dienone is 2. The van der Waals surface area contributed by atoms with E-state index in [0.29, 0.717) is 13.0 Å². The maximum Gasteiger partial charge on any atom is 0.305 e. The van der Waals surface area contributed by atoms with Gasteiger partial charge in [0.2, 0.25) is 0 Å². The van der Waals surface area contributed by atoms with Crippen molar-refractivity contribution in [2.45, 2.75) is 110 Å². The fourth-order valence-electron chi connectivity index (χ4n) is 2.63. The van der Waals surface area contributed by atoms with Crippen LogP contribution < -0.4 is 0 Å². The summed E-state index contributed by atoms with van der Waals surface area (Å²) >= 11 is 0. The van der Waals surface area contributed by atoms with Crippen molar-refractivity contribution in [2.75, 3.05) is 6.61 Å². The van der Waals surface area contributed by atoms with E-state index >= 15 is 0 Å². The molecule has 136 valence electrons.